The van der Waals surface area contributed by atoms with E-state index in [0.717, 1.165) is 5.69 Å². The molecule has 2 N–H and O–H groups in total. The Hall–Kier alpha value is -3.82. The number of carbonyl (C=O) groups is 2. The molecule has 2 aliphatic rings. The van der Waals surface area contributed by atoms with Crippen molar-refractivity contribution >= 4 is 23.3 Å². The summed E-state index contributed by atoms with van der Waals surface area (Å²) in [5, 5.41) is 5.58. The summed E-state index contributed by atoms with van der Waals surface area (Å²) in [4.78, 5) is 26.6. The van der Waals surface area contributed by atoms with Gasteiger partial charge in [0.2, 0.25) is 18.4 Å². The van der Waals surface area contributed by atoms with Gasteiger partial charge in [0.05, 0.1) is 27.0 Å². The molecule has 4 rings (SSSR count). The average molecular weight is 443 g/mol. The average Bonchev–Trinajstić information content (AvgIpc) is 3.42. The molecule has 0 bridgehead atoms. The van der Waals surface area contributed by atoms with Crippen molar-refractivity contribution in [3.8, 4) is 28.7 Å². The highest BCUT2D eigenvalue weighted by Crippen LogP contribution is 2.40. The minimum Gasteiger partial charge on any atom is -0.493 e. The Bertz CT molecular complexity index is 1000. The highest BCUT2D eigenvalue weighted by atomic mass is 16.7. The summed E-state index contributed by atoms with van der Waals surface area (Å²) in [6.45, 7) is 1.03. The molecule has 10 nitrogen and oxygen atoms in total. The number of rotatable bonds is 7. The Kier molecular flexibility index (Phi) is 6.11. The monoisotopic (exact) mass is 443 g/mol. The Balaban J connectivity index is 1.34. The van der Waals surface area contributed by atoms with Crippen LogP contribution < -0.4 is 39.2 Å². The van der Waals surface area contributed by atoms with E-state index in [-0.39, 0.29) is 18.6 Å². The molecule has 2 aromatic rings. The zero-order chi connectivity index (χ0) is 22.7. The Morgan fingerprint density at radius 2 is 1.78 bits per heavy atom. The maximum Gasteiger partial charge on any atom is 0.319 e. The number of benzene rings is 2. The second kappa shape index (κ2) is 9.13. The van der Waals surface area contributed by atoms with E-state index < -0.39 is 6.03 Å². The van der Waals surface area contributed by atoms with E-state index in [4.69, 9.17) is 23.7 Å². The van der Waals surface area contributed by atoms with Crippen molar-refractivity contribution in [1.82, 2.24) is 5.32 Å². The van der Waals surface area contributed by atoms with Crippen molar-refractivity contribution in [2.75, 3.05) is 51.4 Å². The van der Waals surface area contributed by atoms with E-state index in [1.807, 2.05) is 6.07 Å². The molecule has 0 saturated carbocycles. The third kappa shape index (κ3) is 4.29. The predicted molar refractivity (Wildman–Crippen MR) is 116 cm³/mol. The lowest BCUT2D eigenvalue weighted by atomic mass is 10.1. The summed E-state index contributed by atoms with van der Waals surface area (Å²) in [6, 6.07) is 8.31. The van der Waals surface area contributed by atoms with Crippen LogP contribution in [0.1, 0.15) is 6.42 Å². The van der Waals surface area contributed by atoms with Gasteiger partial charge in [-0.3, -0.25) is 4.79 Å². The van der Waals surface area contributed by atoms with Crippen LogP contribution in [0.2, 0.25) is 0 Å². The lowest BCUT2D eigenvalue weighted by Gasteiger charge is -2.18. The zero-order valence-electron chi connectivity index (χ0n) is 18.1. The number of ether oxygens (including phenoxy) is 5. The highest BCUT2D eigenvalue weighted by molar-refractivity contribution is 5.96. The van der Waals surface area contributed by atoms with E-state index >= 15 is 0 Å². The maximum atomic E-state index is 12.5. The molecular formula is C22H25N3O7. The van der Waals surface area contributed by atoms with Gasteiger partial charge in [-0.2, -0.15) is 0 Å². The van der Waals surface area contributed by atoms with Crippen LogP contribution in [0.15, 0.2) is 30.3 Å². The minimum absolute atomic E-state index is 0.000649. The fourth-order valence-electron chi connectivity index (χ4n) is 3.79. The van der Waals surface area contributed by atoms with E-state index in [2.05, 4.69) is 10.6 Å². The van der Waals surface area contributed by atoms with Crippen LogP contribution in [0.25, 0.3) is 0 Å². The van der Waals surface area contributed by atoms with E-state index in [0.29, 0.717) is 53.9 Å². The maximum absolute atomic E-state index is 12.5. The van der Waals surface area contributed by atoms with Crippen molar-refractivity contribution in [2.45, 2.75) is 6.42 Å². The second-order valence-electron chi connectivity index (χ2n) is 7.36. The van der Waals surface area contributed by atoms with Crippen LogP contribution >= 0.6 is 0 Å². The summed E-state index contributed by atoms with van der Waals surface area (Å²) in [5.74, 6) is 2.59. The van der Waals surface area contributed by atoms with Gasteiger partial charge in [0.1, 0.15) is 0 Å². The second-order valence-corrected chi connectivity index (χ2v) is 7.36. The molecule has 1 atom stereocenters. The normalized spacial score (nSPS) is 16.7. The van der Waals surface area contributed by atoms with Gasteiger partial charge in [-0.1, -0.05) is 0 Å². The molecular weight excluding hydrogens is 418 g/mol. The molecule has 10 heteroatoms. The highest BCUT2D eigenvalue weighted by Gasteiger charge is 2.31. The number of hydrogen-bond donors (Lipinski definition) is 2. The van der Waals surface area contributed by atoms with Gasteiger partial charge in [0.15, 0.2) is 23.0 Å². The number of carbonyl (C=O) groups excluding carboxylic acids is 2. The summed E-state index contributed by atoms with van der Waals surface area (Å²) >= 11 is 0. The molecule has 1 fully saturated rings. The quantitative estimate of drug-likeness (QED) is 0.677. The van der Waals surface area contributed by atoms with E-state index in [9.17, 15) is 9.59 Å². The fourth-order valence-corrected chi connectivity index (χ4v) is 3.79. The van der Waals surface area contributed by atoms with Crippen LogP contribution in [-0.4, -0.2) is 53.2 Å². The molecule has 170 valence electrons. The molecule has 2 heterocycles. The molecule has 0 aliphatic carbocycles. The minimum atomic E-state index is -0.395. The first-order valence-electron chi connectivity index (χ1n) is 10.1. The number of fused-ring (bicyclic) bond motifs is 1. The molecule has 0 radical (unpaired) electrons. The molecule has 1 saturated heterocycles. The topological polar surface area (TPSA) is 108 Å². The van der Waals surface area contributed by atoms with Gasteiger partial charge in [-0.25, -0.2) is 4.79 Å². The van der Waals surface area contributed by atoms with E-state index in [1.165, 1.54) is 21.3 Å². The predicted octanol–water partition coefficient (Wildman–Crippen LogP) is 2.62. The standard InChI is InChI=1S/C22H25N3O7/c1-28-18-7-14(8-19(29-2)21(18)30-3)24-22(27)23-10-13-6-20(26)25(11-13)15-4-5-16-17(9-15)32-12-31-16/h4-5,7-9,13H,6,10-12H2,1-3H3,(H2,23,24,27)/t13-/m0/s1. The van der Waals surface area contributed by atoms with Gasteiger partial charge in [0, 0.05) is 49.3 Å². The first-order chi connectivity index (χ1) is 15.5. The first-order valence-corrected chi connectivity index (χ1v) is 10.1. The molecule has 0 unspecified atom stereocenters. The van der Waals surface area contributed by atoms with Crippen LogP contribution in [0.4, 0.5) is 16.2 Å². The molecule has 2 aliphatic heterocycles. The molecule has 32 heavy (non-hydrogen) atoms. The van der Waals surface area contributed by atoms with Gasteiger partial charge in [-0.05, 0) is 12.1 Å². The van der Waals surface area contributed by atoms with Gasteiger partial charge in [0.25, 0.3) is 0 Å². The largest absolute Gasteiger partial charge is 0.493 e. The number of anilines is 2. The lowest BCUT2D eigenvalue weighted by molar-refractivity contribution is -0.117. The summed E-state index contributed by atoms with van der Waals surface area (Å²) < 4.78 is 26.6. The third-order valence-corrected chi connectivity index (χ3v) is 5.35. The van der Waals surface area contributed by atoms with Gasteiger partial charge >= 0.3 is 6.03 Å². The number of hydrogen-bond acceptors (Lipinski definition) is 7. The van der Waals surface area contributed by atoms with Gasteiger partial charge in [-0.15, -0.1) is 0 Å². The Morgan fingerprint density at radius 3 is 2.47 bits per heavy atom. The van der Waals surface area contributed by atoms with Crippen LogP contribution in [0.3, 0.4) is 0 Å². The number of urea groups is 1. The van der Waals surface area contributed by atoms with Crippen molar-refractivity contribution in [1.29, 1.82) is 0 Å². The molecule has 0 aromatic heterocycles. The Labute approximate surface area is 185 Å². The van der Waals surface area contributed by atoms with Crippen molar-refractivity contribution in [3.05, 3.63) is 30.3 Å². The third-order valence-electron chi connectivity index (χ3n) is 5.35. The molecule has 3 amide bonds. The number of amides is 3. The van der Waals surface area contributed by atoms with Crippen molar-refractivity contribution in [2.24, 2.45) is 5.92 Å². The zero-order valence-corrected chi connectivity index (χ0v) is 18.1. The SMILES string of the molecule is COc1cc(NC(=O)NC[C@@H]2CC(=O)N(c3ccc4c(c3)OCO4)C2)cc(OC)c1OC. The summed E-state index contributed by atoms with van der Waals surface area (Å²) in [6.07, 6.45) is 0.346. The van der Waals surface area contributed by atoms with Crippen molar-refractivity contribution in [3.63, 3.8) is 0 Å². The van der Waals surface area contributed by atoms with Crippen LogP contribution in [0.5, 0.6) is 28.7 Å². The fraction of sp³-hybridized carbons (Fsp3) is 0.364. The van der Waals surface area contributed by atoms with Crippen molar-refractivity contribution < 1.29 is 33.3 Å². The number of nitrogens with zero attached hydrogens (tertiary/aromatic N) is 1. The van der Waals surface area contributed by atoms with Crippen LogP contribution in [0, 0.1) is 5.92 Å². The van der Waals surface area contributed by atoms with Crippen LogP contribution in [-0.2, 0) is 4.79 Å². The smallest absolute Gasteiger partial charge is 0.319 e. The first kappa shape index (κ1) is 21.4. The summed E-state index contributed by atoms with van der Waals surface area (Å²) in [7, 11) is 4.52. The summed E-state index contributed by atoms with van der Waals surface area (Å²) in [5.41, 5.74) is 1.24. The Morgan fingerprint density at radius 1 is 1.06 bits per heavy atom. The molecule has 0 spiro atoms. The lowest BCUT2D eigenvalue weighted by Crippen LogP contribution is -2.34. The number of nitrogens with one attached hydrogen (secondary N) is 2. The van der Waals surface area contributed by atoms with Gasteiger partial charge < -0.3 is 39.2 Å². The molecule has 2 aromatic carbocycles. The number of methoxy groups -OCH3 is 3. The van der Waals surface area contributed by atoms with E-state index in [1.54, 1.807) is 29.2 Å².